The Morgan fingerprint density at radius 1 is 1.21 bits per heavy atom. The first-order valence-corrected chi connectivity index (χ1v) is 9.10. The van der Waals surface area contributed by atoms with E-state index in [4.69, 9.17) is 5.26 Å². The summed E-state index contributed by atoms with van der Waals surface area (Å²) in [6, 6.07) is 8.35. The third-order valence-electron chi connectivity index (χ3n) is 5.43. The molecule has 1 saturated heterocycles. The van der Waals surface area contributed by atoms with Gasteiger partial charge in [-0.25, -0.2) is 0 Å². The number of likely N-dealkylation sites (tertiary alicyclic amines) is 1. The topological polar surface area (TPSA) is 47.3 Å². The number of piperidine rings is 1. The number of nitriles is 1. The third kappa shape index (κ3) is 4.43. The van der Waals surface area contributed by atoms with E-state index in [1.54, 1.807) is 6.92 Å². The Kier molecular flexibility index (Phi) is 5.65. The Labute approximate surface area is 145 Å². The van der Waals surface area contributed by atoms with Crippen molar-refractivity contribution in [1.29, 1.82) is 5.26 Å². The van der Waals surface area contributed by atoms with Crippen LogP contribution in [0.25, 0.3) is 0 Å². The average Bonchev–Trinajstić information content (AvgIpc) is 2.60. The number of Topliss-reactive ketones (excluding diaryl/α,β-unsaturated/α-hetero) is 1. The van der Waals surface area contributed by atoms with Crippen LogP contribution in [0.2, 0.25) is 0 Å². The molecule has 1 aromatic carbocycles. The van der Waals surface area contributed by atoms with E-state index in [9.17, 15) is 4.79 Å². The van der Waals surface area contributed by atoms with Gasteiger partial charge >= 0.3 is 0 Å². The third-order valence-corrected chi connectivity index (χ3v) is 5.43. The molecule has 0 unspecified atom stereocenters. The van der Waals surface area contributed by atoms with Gasteiger partial charge in [0, 0.05) is 13.1 Å². The van der Waals surface area contributed by atoms with Gasteiger partial charge in [-0.3, -0.25) is 14.6 Å². The van der Waals surface area contributed by atoms with Crippen molar-refractivity contribution < 1.29 is 4.79 Å². The molecule has 0 atom stereocenters. The molecule has 2 heterocycles. The van der Waals surface area contributed by atoms with E-state index < -0.39 is 0 Å². The van der Waals surface area contributed by atoms with E-state index in [-0.39, 0.29) is 5.78 Å². The van der Waals surface area contributed by atoms with Gasteiger partial charge in [0.1, 0.15) is 5.78 Å². The number of benzene rings is 1. The average molecular weight is 325 g/mol. The van der Waals surface area contributed by atoms with Gasteiger partial charge in [-0.05, 0) is 81.4 Å². The second-order valence-corrected chi connectivity index (χ2v) is 7.33. The monoisotopic (exact) mass is 325 g/mol. The van der Waals surface area contributed by atoms with Gasteiger partial charge in [0.05, 0.1) is 18.2 Å². The molecule has 1 aromatic rings. The van der Waals surface area contributed by atoms with Gasteiger partial charge in [0.15, 0.2) is 0 Å². The number of hydrogen-bond donors (Lipinski definition) is 0. The lowest BCUT2D eigenvalue weighted by Gasteiger charge is -2.34. The van der Waals surface area contributed by atoms with Crippen molar-refractivity contribution in [2.75, 3.05) is 32.7 Å². The van der Waals surface area contributed by atoms with Gasteiger partial charge in [-0.1, -0.05) is 6.07 Å². The van der Waals surface area contributed by atoms with E-state index in [1.807, 2.05) is 6.07 Å². The van der Waals surface area contributed by atoms with Crippen LogP contribution in [0.5, 0.6) is 0 Å². The number of carbonyl (C=O) groups excluding carboxylic acids is 1. The molecule has 2 aliphatic heterocycles. The quantitative estimate of drug-likeness (QED) is 0.835. The summed E-state index contributed by atoms with van der Waals surface area (Å²) in [6.07, 6.45) is 4.77. The molecule has 4 heteroatoms. The van der Waals surface area contributed by atoms with Gasteiger partial charge < -0.3 is 0 Å². The highest BCUT2D eigenvalue weighted by molar-refractivity contribution is 5.77. The minimum absolute atomic E-state index is 0.278. The van der Waals surface area contributed by atoms with Crippen molar-refractivity contribution in [3.05, 3.63) is 34.9 Å². The van der Waals surface area contributed by atoms with Gasteiger partial charge in [0.2, 0.25) is 0 Å². The molecule has 128 valence electrons. The van der Waals surface area contributed by atoms with Crippen molar-refractivity contribution in [1.82, 2.24) is 9.80 Å². The molecule has 0 saturated carbocycles. The maximum Gasteiger partial charge on any atom is 0.143 e. The fraction of sp³-hybridized carbons (Fsp3) is 0.600. The van der Waals surface area contributed by atoms with Crippen LogP contribution in [-0.4, -0.2) is 48.3 Å². The Morgan fingerprint density at radius 2 is 2.00 bits per heavy atom. The number of nitrogens with zero attached hydrogens (tertiary/aromatic N) is 3. The summed E-state index contributed by atoms with van der Waals surface area (Å²) >= 11 is 0. The lowest BCUT2D eigenvalue weighted by Crippen LogP contribution is -2.38. The molecule has 0 amide bonds. The summed E-state index contributed by atoms with van der Waals surface area (Å²) in [7, 11) is 0. The molecular formula is C20H27N3O. The summed E-state index contributed by atoms with van der Waals surface area (Å²) in [5.41, 5.74) is 3.51. The van der Waals surface area contributed by atoms with Crippen LogP contribution in [0, 0.1) is 17.2 Å². The molecule has 0 aromatic heterocycles. The molecular weight excluding hydrogens is 298 g/mol. The molecule has 0 radical (unpaired) electrons. The minimum Gasteiger partial charge on any atom is -0.299 e. The predicted octanol–water partition coefficient (Wildman–Crippen LogP) is 2.61. The lowest BCUT2D eigenvalue weighted by atomic mass is 9.92. The fourth-order valence-electron chi connectivity index (χ4n) is 3.99. The number of ketones is 1. The maximum atomic E-state index is 11.2. The maximum absolute atomic E-state index is 11.2. The summed E-state index contributed by atoms with van der Waals surface area (Å²) in [5.74, 6) is 1.08. The van der Waals surface area contributed by atoms with Gasteiger partial charge in [-0.15, -0.1) is 0 Å². The molecule has 0 spiro atoms. The number of fused-ring (bicyclic) bond motifs is 1. The van der Waals surface area contributed by atoms with Crippen molar-refractivity contribution in [3.8, 4) is 6.07 Å². The predicted molar refractivity (Wildman–Crippen MR) is 94.6 cm³/mol. The van der Waals surface area contributed by atoms with Crippen molar-refractivity contribution >= 4 is 5.78 Å². The Balaban J connectivity index is 1.43. The second-order valence-electron chi connectivity index (χ2n) is 7.33. The second kappa shape index (κ2) is 7.92. The Bertz CT molecular complexity index is 626. The lowest BCUT2D eigenvalue weighted by molar-refractivity contribution is -0.118. The number of rotatable bonds is 5. The zero-order valence-electron chi connectivity index (χ0n) is 14.6. The number of carbonyl (C=O) groups is 1. The van der Waals surface area contributed by atoms with E-state index >= 15 is 0 Å². The zero-order chi connectivity index (χ0) is 16.9. The molecule has 2 aliphatic rings. The largest absolute Gasteiger partial charge is 0.299 e. The van der Waals surface area contributed by atoms with Crippen LogP contribution in [0.1, 0.15) is 42.9 Å². The van der Waals surface area contributed by atoms with Crippen LogP contribution in [0.4, 0.5) is 0 Å². The molecule has 1 fully saturated rings. The smallest absolute Gasteiger partial charge is 0.143 e. The minimum atomic E-state index is 0.278. The van der Waals surface area contributed by atoms with E-state index in [0.717, 1.165) is 50.6 Å². The van der Waals surface area contributed by atoms with Crippen molar-refractivity contribution in [2.24, 2.45) is 5.92 Å². The van der Waals surface area contributed by atoms with Gasteiger partial charge in [-0.2, -0.15) is 5.26 Å². The summed E-state index contributed by atoms with van der Waals surface area (Å²) in [5, 5.41) is 9.00. The first kappa shape index (κ1) is 17.1. The van der Waals surface area contributed by atoms with E-state index in [2.05, 4.69) is 28.0 Å². The fourth-order valence-corrected chi connectivity index (χ4v) is 3.99. The first-order valence-electron chi connectivity index (χ1n) is 9.10. The standard InChI is InChI=1S/C20H27N3O/c1-16(24)14-22-8-4-17(5-9-22)6-10-23-11-7-19-12-18(13-21)2-3-20(19)15-23/h2-3,12,17H,4-11,14-15H2,1H3. The molecule has 3 rings (SSSR count). The van der Waals surface area contributed by atoms with E-state index in [0.29, 0.717) is 6.54 Å². The van der Waals surface area contributed by atoms with Crippen LogP contribution >= 0.6 is 0 Å². The molecule has 24 heavy (non-hydrogen) atoms. The van der Waals surface area contributed by atoms with E-state index in [1.165, 1.54) is 30.4 Å². The highest BCUT2D eigenvalue weighted by atomic mass is 16.1. The first-order chi connectivity index (χ1) is 11.6. The molecule has 0 bridgehead atoms. The zero-order valence-corrected chi connectivity index (χ0v) is 14.6. The van der Waals surface area contributed by atoms with Crippen LogP contribution in [0.3, 0.4) is 0 Å². The van der Waals surface area contributed by atoms with Crippen molar-refractivity contribution in [2.45, 2.75) is 39.2 Å². The normalized spacial score (nSPS) is 19.7. The summed E-state index contributed by atoms with van der Waals surface area (Å²) in [6.45, 7) is 7.74. The van der Waals surface area contributed by atoms with Crippen molar-refractivity contribution in [3.63, 3.8) is 0 Å². The van der Waals surface area contributed by atoms with Gasteiger partial charge in [0.25, 0.3) is 0 Å². The highest BCUT2D eigenvalue weighted by Gasteiger charge is 2.22. The van der Waals surface area contributed by atoms with Crippen LogP contribution < -0.4 is 0 Å². The molecule has 0 aliphatic carbocycles. The Morgan fingerprint density at radius 3 is 2.71 bits per heavy atom. The van der Waals surface area contributed by atoms with Crippen LogP contribution in [0.15, 0.2) is 18.2 Å². The van der Waals surface area contributed by atoms with Crippen LogP contribution in [-0.2, 0) is 17.8 Å². The highest BCUT2D eigenvalue weighted by Crippen LogP contribution is 2.24. The SMILES string of the molecule is CC(=O)CN1CCC(CCN2CCc3cc(C#N)ccc3C2)CC1. The summed E-state index contributed by atoms with van der Waals surface area (Å²) in [4.78, 5) is 16.0. The number of hydrogen-bond acceptors (Lipinski definition) is 4. The summed E-state index contributed by atoms with van der Waals surface area (Å²) < 4.78 is 0. The molecule has 0 N–H and O–H groups in total. The Hall–Kier alpha value is -1.70. The molecule has 4 nitrogen and oxygen atoms in total.